The van der Waals surface area contributed by atoms with Crippen molar-refractivity contribution in [2.45, 2.75) is 38.9 Å². The molecule has 5 aromatic rings. The van der Waals surface area contributed by atoms with Gasteiger partial charge in [0.25, 0.3) is 0 Å². The second kappa shape index (κ2) is 13.3. The number of hydrogen-bond donors (Lipinski definition) is 0. The van der Waals surface area contributed by atoms with Crippen LogP contribution in [0.1, 0.15) is 33.5 Å². The number of hydrogen-bond acceptors (Lipinski definition) is 4. The van der Waals surface area contributed by atoms with Gasteiger partial charge in [-0.25, -0.2) is 4.68 Å². The lowest BCUT2D eigenvalue weighted by molar-refractivity contribution is -0.144. The molecule has 0 radical (unpaired) electrons. The van der Waals surface area contributed by atoms with Crippen molar-refractivity contribution in [1.29, 1.82) is 0 Å². The van der Waals surface area contributed by atoms with Crippen LogP contribution in [0.25, 0.3) is 11.8 Å². The number of nitrogens with zero attached hydrogens (tertiary/aromatic N) is 5. The molecule has 7 nitrogen and oxygen atoms in total. The van der Waals surface area contributed by atoms with Gasteiger partial charge in [0.15, 0.2) is 0 Å². The summed E-state index contributed by atoms with van der Waals surface area (Å²) in [4.78, 5) is 36.6. The van der Waals surface area contributed by atoms with Crippen LogP contribution in [0.3, 0.4) is 0 Å². The molecule has 1 unspecified atom stereocenters. The molecule has 0 aliphatic carbocycles. The Hall–Kier alpha value is -5.30. The zero-order valence-corrected chi connectivity index (χ0v) is 24.8. The fraction of sp³-hybridized carbons (Fsp3) is 0.189. The summed E-state index contributed by atoms with van der Waals surface area (Å²) >= 11 is 0. The Balaban J connectivity index is 1.34. The van der Waals surface area contributed by atoms with E-state index in [-0.39, 0.29) is 18.4 Å². The predicted molar refractivity (Wildman–Crippen MR) is 172 cm³/mol. The van der Waals surface area contributed by atoms with E-state index < -0.39 is 6.04 Å². The number of fused-ring (bicyclic) bond motifs is 1. The van der Waals surface area contributed by atoms with Crippen LogP contribution in [-0.2, 0) is 35.5 Å². The molecule has 7 heteroatoms. The maximum atomic E-state index is 14.5. The zero-order chi connectivity index (χ0) is 30.3. The predicted octanol–water partition coefficient (Wildman–Crippen LogP) is 5.81. The molecule has 0 N–H and O–H groups in total. The van der Waals surface area contributed by atoms with E-state index in [2.05, 4.69) is 22.2 Å². The molecule has 0 saturated heterocycles. The van der Waals surface area contributed by atoms with Gasteiger partial charge < -0.3 is 9.80 Å². The number of aromatic nitrogens is 3. The second-order valence-corrected chi connectivity index (χ2v) is 11.2. The van der Waals surface area contributed by atoms with Crippen LogP contribution in [0.15, 0.2) is 122 Å². The number of pyridine rings is 1. The van der Waals surface area contributed by atoms with Crippen LogP contribution >= 0.6 is 0 Å². The van der Waals surface area contributed by atoms with Crippen LogP contribution in [0.2, 0.25) is 0 Å². The highest BCUT2D eigenvalue weighted by Crippen LogP contribution is 2.23. The van der Waals surface area contributed by atoms with Gasteiger partial charge in [0.1, 0.15) is 6.04 Å². The Morgan fingerprint density at radius 3 is 2.39 bits per heavy atom. The van der Waals surface area contributed by atoms with Gasteiger partial charge in [-0.15, -0.1) is 0 Å². The molecule has 1 aliphatic heterocycles. The number of amides is 2. The smallest absolute Gasteiger partial charge is 0.247 e. The molecule has 3 heterocycles. The van der Waals surface area contributed by atoms with Crippen molar-refractivity contribution in [3.05, 3.63) is 155 Å². The molecule has 1 atom stereocenters. The third-order valence-corrected chi connectivity index (χ3v) is 8.05. The van der Waals surface area contributed by atoms with Crippen molar-refractivity contribution in [2.75, 3.05) is 6.54 Å². The third-order valence-electron chi connectivity index (χ3n) is 8.05. The molecule has 2 aromatic heterocycles. The average molecular weight is 582 g/mol. The molecule has 6 rings (SSSR count). The van der Waals surface area contributed by atoms with Crippen molar-refractivity contribution < 1.29 is 9.59 Å². The van der Waals surface area contributed by atoms with Crippen LogP contribution in [0, 0.1) is 6.92 Å². The summed E-state index contributed by atoms with van der Waals surface area (Å²) in [7, 11) is 0. The van der Waals surface area contributed by atoms with Crippen LogP contribution in [-0.4, -0.2) is 49.0 Å². The first-order valence-electron chi connectivity index (χ1n) is 14.9. The van der Waals surface area contributed by atoms with E-state index >= 15 is 0 Å². The van der Waals surface area contributed by atoms with E-state index in [1.807, 2.05) is 103 Å². The summed E-state index contributed by atoms with van der Waals surface area (Å²) in [6.45, 7) is 3.40. The summed E-state index contributed by atoms with van der Waals surface area (Å²) < 4.78 is 1.79. The third kappa shape index (κ3) is 6.84. The first-order chi connectivity index (χ1) is 21.5. The summed E-state index contributed by atoms with van der Waals surface area (Å²) in [6.07, 6.45) is 9.86. The molecule has 0 bridgehead atoms. The number of rotatable bonds is 9. The average Bonchev–Trinajstić information content (AvgIpc) is 3.61. The number of carbonyl (C=O) groups is 2. The van der Waals surface area contributed by atoms with Gasteiger partial charge in [0.05, 0.1) is 11.4 Å². The standard InChI is InChI=1S/C37H35N5O2/c1-28-12-15-33(38-25-28)16-19-36(43)41(26-30-13-17-34(18-14-30)42-22-7-21-39-42)35(24-29-8-3-2-4-9-29)37(44)40-23-20-31-10-5-6-11-32(31)27-40/h2-19,21-22,25,35H,20,23-24,26-27H2,1H3. The van der Waals surface area contributed by atoms with Gasteiger partial charge >= 0.3 is 0 Å². The molecule has 220 valence electrons. The normalized spacial score (nSPS) is 13.4. The molecule has 0 fully saturated rings. The molecule has 1 aliphatic rings. The largest absolute Gasteiger partial charge is 0.336 e. The monoisotopic (exact) mass is 581 g/mol. The van der Waals surface area contributed by atoms with Crippen molar-refractivity contribution >= 4 is 17.9 Å². The topological polar surface area (TPSA) is 71.3 Å². The summed E-state index contributed by atoms with van der Waals surface area (Å²) in [5.41, 5.74) is 7.00. The highest BCUT2D eigenvalue weighted by atomic mass is 16.2. The van der Waals surface area contributed by atoms with Crippen LogP contribution in [0.4, 0.5) is 0 Å². The van der Waals surface area contributed by atoms with Crippen molar-refractivity contribution in [3.63, 3.8) is 0 Å². The first kappa shape index (κ1) is 28.8. The van der Waals surface area contributed by atoms with E-state index in [1.54, 1.807) is 28.1 Å². The van der Waals surface area contributed by atoms with Crippen LogP contribution in [0.5, 0.6) is 0 Å². The van der Waals surface area contributed by atoms with Crippen LogP contribution < -0.4 is 0 Å². The minimum atomic E-state index is -0.698. The summed E-state index contributed by atoms with van der Waals surface area (Å²) in [5, 5.41) is 4.32. The Kier molecular flexibility index (Phi) is 8.73. The Labute approximate surface area is 258 Å². The highest BCUT2D eigenvalue weighted by Gasteiger charge is 2.34. The summed E-state index contributed by atoms with van der Waals surface area (Å²) in [6, 6.07) is 31.2. The number of carbonyl (C=O) groups excluding carboxylic acids is 2. The lowest BCUT2D eigenvalue weighted by Crippen LogP contribution is -2.52. The number of aryl methyl sites for hydroxylation is 1. The molecular weight excluding hydrogens is 546 g/mol. The maximum absolute atomic E-state index is 14.5. The van der Waals surface area contributed by atoms with E-state index in [4.69, 9.17) is 0 Å². The summed E-state index contributed by atoms with van der Waals surface area (Å²) in [5.74, 6) is -0.290. The Morgan fingerprint density at radius 2 is 1.66 bits per heavy atom. The minimum absolute atomic E-state index is 0.0493. The van der Waals surface area contributed by atoms with Gasteiger partial charge in [-0.3, -0.25) is 14.6 Å². The first-order valence-corrected chi connectivity index (χ1v) is 14.9. The van der Waals surface area contributed by atoms with Gasteiger partial charge in [-0.1, -0.05) is 72.8 Å². The Morgan fingerprint density at radius 1 is 0.886 bits per heavy atom. The molecular formula is C37H35N5O2. The van der Waals surface area contributed by atoms with Gasteiger partial charge in [-0.2, -0.15) is 5.10 Å². The molecule has 3 aromatic carbocycles. The van der Waals surface area contributed by atoms with Crippen molar-refractivity contribution in [1.82, 2.24) is 24.6 Å². The van der Waals surface area contributed by atoms with Gasteiger partial charge in [0.2, 0.25) is 11.8 Å². The van der Waals surface area contributed by atoms with Crippen molar-refractivity contribution in [2.24, 2.45) is 0 Å². The molecule has 2 amide bonds. The quantitative estimate of drug-likeness (QED) is 0.206. The lowest BCUT2D eigenvalue weighted by Gasteiger charge is -2.37. The fourth-order valence-corrected chi connectivity index (χ4v) is 5.61. The second-order valence-electron chi connectivity index (χ2n) is 11.2. The van der Waals surface area contributed by atoms with E-state index in [0.29, 0.717) is 25.2 Å². The minimum Gasteiger partial charge on any atom is -0.336 e. The molecule has 0 saturated carbocycles. The lowest BCUT2D eigenvalue weighted by atomic mass is 9.97. The fourth-order valence-electron chi connectivity index (χ4n) is 5.61. The van der Waals surface area contributed by atoms with E-state index in [0.717, 1.165) is 34.4 Å². The highest BCUT2D eigenvalue weighted by molar-refractivity contribution is 5.95. The molecule has 44 heavy (non-hydrogen) atoms. The SMILES string of the molecule is Cc1ccc(C=CC(=O)N(Cc2ccc(-n3cccn3)cc2)C(Cc2ccccc2)C(=O)N2CCc3ccccc3C2)nc1. The number of benzene rings is 3. The molecule has 0 spiro atoms. The Bertz CT molecular complexity index is 1730. The van der Waals surface area contributed by atoms with Gasteiger partial charge in [0, 0.05) is 50.7 Å². The van der Waals surface area contributed by atoms with Crippen molar-refractivity contribution in [3.8, 4) is 5.69 Å². The van der Waals surface area contributed by atoms with E-state index in [1.165, 1.54) is 11.6 Å². The van der Waals surface area contributed by atoms with Gasteiger partial charge in [-0.05, 0) is 71.5 Å². The maximum Gasteiger partial charge on any atom is 0.247 e. The zero-order valence-electron chi connectivity index (χ0n) is 24.8. The van der Waals surface area contributed by atoms with E-state index in [9.17, 15) is 9.59 Å².